The first kappa shape index (κ1) is 24.1. The Hall–Kier alpha value is -2.22. The molecule has 0 saturated carbocycles. The average Bonchev–Trinajstić information content (AvgIpc) is 2.70. The van der Waals surface area contributed by atoms with E-state index in [1.54, 1.807) is 13.0 Å². The van der Waals surface area contributed by atoms with Gasteiger partial charge in [0.2, 0.25) is 0 Å². The minimum absolute atomic E-state index is 0.0363. The molecule has 0 heterocycles. The second-order valence-corrected chi connectivity index (χ2v) is 8.02. The minimum Gasteiger partial charge on any atom is -0.493 e. The molecule has 1 atom stereocenters. The van der Waals surface area contributed by atoms with Crippen molar-refractivity contribution in [1.29, 1.82) is 0 Å². The van der Waals surface area contributed by atoms with Crippen molar-refractivity contribution in [2.24, 2.45) is 11.1 Å². The summed E-state index contributed by atoms with van der Waals surface area (Å²) in [4.78, 5) is 18.6. The van der Waals surface area contributed by atoms with Gasteiger partial charge in [-0.1, -0.05) is 17.8 Å². The van der Waals surface area contributed by atoms with Crippen LogP contribution in [0.4, 0.5) is 13.2 Å². The third-order valence-corrected chi connectivity index (χ3v) is 5.60. The van der Waals surface area contributed by atoms with E-state index in [0.29, 0.717) is 48.9 Å². The number of thioether (sulfide) groups is 1. The van der Waals surface area contributed by atoms with Gasteiger partial charge in [-0.25, -0.2) is 0 Å². The fraction of sp³-hybridized carbons (Fsp3) is 0.455. The lowest BCUT2D eigenvalue weighted by molar-refractivity contribution is -0.137. The van der Waals surface area contributed by atoms with Crippen LogP contribution in [0, 0.1) is 5.92 Å². The maximum Gasteiger partial charge on any atom is 0.416 e. The van der Waals surface area contributed by atoms with Crippen molar-refractivity contribution in [2.75, 3.05) is 19.0 Å². The largest absolute Gasteiger partial charge is 0.493 e. The van der Waals surface area contributed by atoms with Gasteiger partial charge >= 0.3 is 6.18 Å². The Morgan fingerprint density at radius 2 is 2.00 bits per heavy atom. The number of halogens is 3. The van der Waals surface area contributed by atoms with Crippen molar-refractivity contribution in [2.45, 2.75) is 44.2 Å². The number of ether oxygens (including phenoxy) is 1. The maximum atomic E-state index is 12.7. The highest BCUT2D eigenvalue weighted by molar-refractivity contribution is 7.99. The van der Waals surface area contributed by atoms with E-state index in [1.807, 2.05) is 6.92 Å². The quantitative estimate of drug-likeness (QED) is 0.192. The topological polar surface area (TPSA) is 47.9 Å². The van der Waals surface area contributed by atoms with Crippen molar-refractivity contribution in [3.63, 3.8) is 0 Å². The summed E-state index contributed by atoms with van der Waals surface area (Å²) in [6, 6.07) is 5.12. The van der Waals surface area contributed by atoms with Gasteiger partial charge in [-0.2, -0.15) is 13.2 Å². The number of Topliss-reactive ketones (excluding diaryl/α,β-unsaturated/α-hetero) is 1. The van der Waals surface area contributed by atoms with Crippen LogP contribution < -0.4 is 0 Å². The van der Waals surface area contributed by atoms with E-state index < -0.39 is 11.7 Å². The molecule has 0 radical (unpaired) electrons. The lowest BCUT2D eigenvalue weighted by Crippen LogP contribution is -2.25. The van der Waals surface area contributed by atoms with E-state index in [-0.39, 0.29) is 11.7 Å². The first-order valence-electron chi connectivity index (χ1n) is 9.73. The van der Waals surface area contributed by atoms with Crippen LogP contribution in [0.25, 0.3) is 0 Å². The fourth-order valence-corrected chi connectivity index (χ4v) is 4.16. The summed E-state index contributed by atoms with van der Waals surface area (Å²) in [5, 5.41) is 3.97. The lowest BCUT2D eigenvalue weighted by Gasteiger charge is -2.26. The van der Waals surface area contributed by atoms with E-state index in [2.05, 4.69) is 11.7 Å². The molecule has 1 unspecified atom stereocenters. The molecular formula is C22H26F3NO3S. The molecule has 0 aliphatic heterocycles. The van der Waals surface area contributed by atoms with Crippen LogP contribution in [-0.4, -0.2) is 30.5 Å². The Labute approximate surface area is 179 Å². The number of oxime groups is 1. The molecule has 0 bridgehead atoms. The average molecular weight is 442 g/mol. The van der Waals surface area contributed by atoms with Gasteiger partial charge < -0.3 is 9.57 Å². The number of rotatable bonds is 10. The number of carbonyl (C=O) groups excluding carboxylic acids is 1. The molecule has 0 aromatic heterocycles. The molecular weight excluding hydrogens is 415 g/mol. The van der Waals surface area contributed by atoms with Crippen molar-refractivity contribution >= 4 is 23.3 Å². The van der Waals surface area contributed by atoms with Crippen molar-refractivity contribution in [3.8, 4) is 0 Å². The Morgan fingerprint density at radius 1 is 1.30 bits per heavy atom. The first-order chi connectivity index (χ1) is 14.3. The van der Waals surface area contributed by atoms with Gasteiger partial charge in [-0.15, -0.1) is 11.8 Å². The number of benzene rings is 1. The van der Waals surface area contributed by atoms with E-state index >= 15 is 0 Å². The molecule has 1 aromatic rings. The zero-order valence-corrected chi connectivity index (χ0v) is 17.9. The Morgan fingerprint density at radius 3 is 2.60 bits per heavy atom. The number of carbonyl (C=O) groups is 1. The van der Waals surface area contributed by atoms with Gasteiger partial charge in [-0.05, 0) is 56.2 Å². The van der Waals surface area contributed by atoms with Crippen LogP contribution in [0.1, 0.15) is 38.7 Å². The normalized spacial score (nSPS) is 17.8. The van der Waals surface area contributed by atoms with Crippen LogP contribution in [-0.2, 0) is 20.5 Å². The molecule has 1 aliphatic carbocycles. The summed E-state index contributed by atoms with van der Waals surface area (Å²) in [5.74, 6) is 1.35. The van der Waals surface area contributed by atoms with Gasteiger partial charge in [0, 0.05) is 17.7 Å². The number of nitrogens with zero attached hydrogens (tertiary/aromatic N) is 1. The lowest BCUT2D eigenvalue weighted by atomic mass is 9.84. The molecule has 2 rings (SSSR count). The summed E-state index contributed by atoms with van der Waals surface area (Å²) in [6.07, 6.45) is -0.993. The second-order valence-electron chi connectivity index (χ2n) is 6.85. The van der Waals surface area contributed by atoms with Crippen LogP contribution in [0.2, 0.25) is 0 Å². The maximum absolute atomic E-state index is 12.7. The Balaban J connectivity index is 2.00. The van der Waals surface area contributed by atoms with Crippen LogP contribution >= 0.6 is 11.8 Å². The smallest absolute Gasteiger partial charge is 0.416 e. The van der Waals surface area contributed by atoms with Crippen LogP contribution in [0.5, 0.6) is 0 Å². The van der Waals surface area contributed by atoms with Crippen LogP contribution in [0.15, 0.2) is 58.3 Å². The number of ketones is 1. The fourth-order valence-electron chi connectivity index (χ4n) is 3.15. The number of allylic oxidation sites excluding steroid dienone is 2. The summed E-state index contributed by atoms with van der Waals surface area (Å²) >= 11 is 1.48. The standard InChI is InChI=1S/C22H26F3NO3S/c1-4-11-28-20-14-16(13-19(27)21(20)15(3)26-29-5-2)10-12-30-18-8-6-17(7-9-18)22(23,24)25/h4,6-9,16H,1,5,10-14H2,2-3H3. The summed E-state index contributed by atoms with van der Waals surface area (Å²) in [6.45, 7) is 7.88. The number of hydrogen-bond acceptors (Lipinski definition) is 5. The Bertz CT molecular complexity index is 801. The monoisotopic (exact) mass is 441 g/mol. The third kappa shape index (κ3) is 6.93. The zero-order chi connectivity index (χ0) is 22.1. The summed E-state index contributed by atoms with van der Waals surface area (Å²) in [5.41, 5.74) is 0.311. The summed E-state index contributed by atoms with van der Waals surface area (Å²) in [7, 11) is 0. The van der Waals surface area contributed by atoms with Gasteiger partial charge in [-0.3, -0.25) is 4.79 Å². The number of hydrogen-bond donors (Lipinski definition) is 0. The molecule has 1 aliphatic rings. The third-order valence-electron chi connectivity index (χ3n) is 4.55. The highest BCUT2D eigenvalue weighted by Crippen LogP contribution is 2.34. The van der Waals surface area contributed by atoms with E-state index in [9.17, 15) is 18.0 Å². The van der Waals surface area contributed by atoms with E-state index in [4.69, 9.17) is 9.57 Å². The molecule has 4 nitrogen and oxygen atoms in total. The second kappa shape index (κ2) is 11.2. The molecule has 0 spiro atoms. The molecule has 164 valence electrons. The molecule has 0 amide bonds. The van der Waals surface area contributed by atoms with E-state index in [0.717, 1.165) is 23.4 Å². The van der Waals surface area contributed by atoms with Gasteiger partial charge in [0.15, 0.2) is 5.78 Å². The number of alkyl halides is 3. The van der Waals surface area contributed by atoms with Crippen LogP contribution in [0.3, 0.4) is 0 Å². The van der Waals surface area contributed by atoms with E-state index in [1.165, 1.54) is 23.9 Å². The van der Waals surface area contributed by atoms with Crippen molar-refractivity contribution in [3.05, 3.63) is 53.8 Å². The highest BCUT2D eigenvalue weighted by atomic mass is 32.2. The van der Waals surface area contributed by atoms with Gasteiger partial charge in [0.05, 0.1) is 16.8 Å². The predicted octanol–water partition coefficient (Wildman–Crippen LogP) is 6.04. The SMILES string of the molecule is C=CCOC1=C(C(C)=NOCC)C(=O)CC(CCSc2ccc(C(F)(F)F)cc2)C1. The highest BCUT2D eigenvalue weighted by Gasteiger charge is 2.31. The molecule has 0 saturated heterocycles. The predicted molar refractivity (Wildman–Crippen MR) is 112 cm³/mol. The molecule has 1 aromatic carbocycles. The minimum atomic E-state index is -4.33. The molecule has 0 N–H and O–H groups in total. The van der Waals surface area contributed by atoms with Gasteiger partial charge in [0.25, 0.3) is 0 Å². The van der Waals surface area contributed by atoms with Crippen molar-refractivity contribution < 1.29 is 27.5 Å². The summed E-state index contributed by atoms with van der Waals surface area (Å²) < 4.78 is 43.7. The molecule has 8 heteroatoms. The molecule has 30 heavy (non-hydrogen) atoms. The Kier molecular flexibility index (Phi) is 9.02. The zero-order valence-electron chi connectivity index (χ0n) is 17.1. The van der Waals surface area contributed by atoms with Gasteiger partial charge in [0.1, 0.15) is 19.0 Å². The molecule has 0 fully saturated rings. The van der Waals surface area contributed by atoms with Crippen molar-refractivity contribution in [1.82, 2.24) is 0 Å². The first-order valence-corrected chi connectivity index (χ1v) is 10.7.